The van der Waals surface area contributed by atoms with Gasteiger partial charge in [0.25, 0.3) is 5.91 Å². The largest absolute Gasteiger partial charge is 0.276 e. The van der Waals surface area contributed by atoms with Gasteiger partial charge in [-0.25, -0.2) is 0 Å². The Morgan fingerprint density at radius 1 is 1.11 bits per heavy atom. The van der Waals surface area contributed by atoms with Gasteiger partial charge in [0, 0.05) is 20.6 Å². The van der Waals surface area contributed by atoms with Gasteiger partial charge < -0.3 is 0 Å². The first-order chi connectivity index (χ1) is 9.09. The number of nitrogens with zero attached hydrogens (tertiary/aromatic N) is 1. The van der Waals surface area contributed by atoms with Crippen molar-refractivity contribution < 1.29 is 4.79 Å². The molecule has 0 radical (unpaired) electrons. The van der Waals surface area contributed by atoms with Crippen LogP contribution in [0.3, 0.4) is 0 Å². The molecule has 0 aliphatic carbocycles. The zero-order valence-electron chi connectivity index (χ0n) is 9.86. The summed E-state index contributed by atoms with van der Waals surface area (Å²) in [5.41, 5.74) is 2.90. The molecule has 0 aromatic heterocycles. The molecule has 19 heavy (non-hydrogen) atoms. The van der Waals surface area contributed by atoms with Crippen molar-refractivity contribution in [2.24, 2.45) is 0 Å². The molecule has 2 aromatic carbocycles. The van der Waals surface area contributed by atoms with Gasteiger partial charge in [0.1, 0.15) is 0 Å². The van der Waals surface area contributed by atoms with E-state index >= 15 is 0 Å². The summed E-state index contributed by atoms with van der Waals surface area (Å²) in [6, 6.07) is 12.8. The number of benzene rings is 2. The average Bonchev–Trinajstić information content (AvgIpc) is 2.66. The molecule has 94 valence electrons. The van der Waals surface area contributed by atoms with Crippen LogP contribution in [0.1, 0.15) is 15.9 Å². The van der Waals surface area contributed by atoms with Crippen LogP contribution in [0.15, 0.2) is 53.5 Å². The lowest BCUT2D eigenvalue weighted by atomic mass is 10.1. The molecule has 1 amide bonds. The van der Waals surface area contributed by atoms with Gasteiger partial charge in [0.2, 0.25) is 0 Å². The Labute approximate surface area is 124 Å². The van der Waals surface area contributed by atoms with E-state index in [0.717, 1.165) is 10.0 Å². The predicted molar refractivity (Wildman–Crippen MR) is 81.4 cm³/mol. The molecule has 1 aliphatic rings. The lowest BCUT2D eigenvalue weighted by Crippen LogP contribution is -2.22. The standard InChI is InChI=1S/C15H9BrClNO/c1-9-11-4-2-3-5-12(11)15(19)18(9)14-8-10(17)6-7-13(14)16/h2-8H,1H2. The molecule has 3 rings (SSSR count). The van der Waals surface area contributed by atoms with Crippen molar-refractivity contribution in [2.45, 2.75) is 0 Å². The van der Waals surface area contributed by atoms with Gasteiger partial charge in [-0.3, -0.25) is 9.69 Å². The van der Waals surface area contributed by atoms with Crippen LogP contribution in [0.4, 0.5) is 5.69 Å². The smallest absolute Gasteiger partial charge is 0.263 e. The maximum Gasteiger partial charge on any atom is 0.263 e. The fourth-order valence-electron chi connectivity index (χ4n) is 2.20. The molecule has 0 saturated carbocycles. The molecular formula is C15H9BrClNO. The third-order valence-electron chi connectivity index (χ3n) is 3.09. The summed E-state index contributed by atoms with van der Waals surface area (Å²) in [7, 11) is 0. The number of fused-ring (bicyclic) bond motifs is 1. The van der Waals surface area contributed by atoms with Gasteiger partial charge in [-0.1, -0.05) is 36.4 Å². The minimum absolute atomic E-state index is 0.0800. The molecule has 2 nitrogen and oxygen atoms in total. The zero-order valence-corrected chi connectivity index (χ0v) is 12.2. The van der Waals surface area contributed by atoms with E-state index in [9.17, 15) is 4.79 Å². The second-order valence-corrected chi connectivity index (χ2v) is 5.52. The van der Waals surface area contributed by atoms with Crippen molar-refractivity contribution in [3.8, 4) is 0 Å². The Hall–Kier alpha value is -1.58. The van der Waals surface area contributed by atoms with Gasteiger partial charge in [0.05, 0.1) is 11.4 Å². The van der Waals surface area contributed by atoms with Crippen molar-refractivity contribution >= 4 is 44.8 Å². The molecule has 0 N–H and O–H groups in total. The van der Waals surface area contributed by atoms with Gasteiger partial charge in [0.15, 0.2) is 0 Å². The average molecular weight is 335 g/mol. The number of carbonyl (C=O) groups excluding carboxylic acids is 1. The van der Waals surface area contributed by atoms with Gasteiger partial charge in [-0.05, 0) is 40.2 Å². The third kappa shape index (κ3) is 1.90. The summed E-state index contributed by atoms with van der Waals surface area (Å²) < 4.78 is 0.805. The van der Waals surface area contributed by atoms with E-state index in [-0.39, 0.29) is 5.91 Å². The van der Waals surface area contributed by atoms with Crippen LogP contribution in [-0.2, 0) is 0 Å². The summed E-state index contributed by atoms with van der Waals surface area (Å²) in [4.78, 5) is 14.1. The number of halogens is 2. The van der Waals surface area contributed by atoms with Crippen LogP contribution in [0.2, 0.25) is 5.02 Å². The van der Waals surface area contributed by atoms with Gasteiger partial charge >= 0.3 is 0 Å². The van der Waals surface area contributed by atoms with E-state index in [1.807, 2.05) is 24.3 Å². The number of hydrogen-bond acceptors (Lipinski definition) is 1. The minimum atomic E-state index is -0.0800. The van der Waals surface area contributed by atoms with Crippen molar-refractivity contribution in [2.75, 3.05) is 4.90 Å². The first-order valence-electron chi connectivity index (χ1n) is 5.67. The quantitative estimate of drug-likeness (QED) is 0.738. The highest BCUT2D eigenvalue weighted by molar-refractivity contribution is 9.10. The Bertz CT molecular complexity index is 676. The van der Waals surface area contributed by atoms with Crippen LogP contribution in [-0.4, -0.2) is 5.91 Å². The summed E-state index contributed by atoms with van der Waals surface area (Å²) in [5.74, 6) is -0.0800. The van der Waals surface area contributed by atoms with E-state index in [0.29, 0.717) is 22.0 Å². The fourth-order valence-corrected chi connectivity index (χ4v) is 2.79. The van der Waals surface area contributed by atoms with Crippen LogP contribution < -0.4 is 4.90 Å². The SMILES string of the molecule is C=C1c2ccccc2C(=O)N1c1cc(Cl)ccc1Br. The van der Waals surface area contributed by atoms with Gasteiger partial charge in [-0.2, -0.15) is 0 Å². The molecule has 4 heteroatoms. The van der Waals surface area contributed by atoms with Crippen molar-refractivity contribution in [1.29, 1.82) is 0 Å². The third-order valence-corrected chi connectivity index (χ3v) is 4.00. The van der Waals surface area contributed by atoms with Crippen molar-refractivity contribution in [1.82, 2.24) is 0 Å². The van der Waals surface area contributed by atoms with Crippen LogP contribution in [0.5, 0.6) is 0 Å². The molecule has 1 heterocycles. The first-order valence-corrected chi connectivity index (χ1v) is 6.84. The Morgan fingerprint density at radius 2 is 1.79 bits per heavy atom. The zero-order chi connectivity index (χ0) is 13.6. The highest BCUT2D eigenvalue weighted by atomic mass is 79.9. The number of hydrogen-bond donors (Lipinski definition) is 0. The maximum atomic E-state index is 12.5. The van der Waals surface area contributed by atoms with E-state index in [4.69, 9.17) is 11.6 Å². The molecule has 0 bridgehead atoms. The Balaban J connectivity index is 2.17. The monoisotopic (exact) mass is 333 g/mol. The lowest BCUT2D eigenvalue weighted by Gasteiger charge is -2.19. The molecule has 0 atom stereocenters. The second kappa shape index (κ2) is 4.51. The minimum Gasteiger partial charge on any atom is -0.276 e. The highest BCUT2D eigenvalue weighted by Gasteiger charge is 2.32. The number of rotatable bonds is 1. The fraction of sp³-hybridized carbons (Fsp3) is 0. The van der Waals surface area contributed by atoms with Crippen molar-refractivity contribution in [3.05, 3.63) is 69.7 Å². The maximum absolute atomic E-state index is 12.5. The summed E-state index contributed by atoms with van der Waals surface area (Å²) in [6.45, 7) is 4.02. The van der Waals surface area contributed by atoms with Gasteiger partial charge in [-0.15, -0.1) is 0 Å². The predicted octanol–water partition coefficient (Wildman–Crippen LogP) is 4.73. The summed E-state index contributed by atoms with van der Waals surface area (Å²) in [5, 5.41) is 0.578. The molecule has 0 fully saturated rings. The number of carbonyl (C=O) groups is 1. The lowest BCUT2D eigenvalue weighted by molar-refractivity contribution is 0.101. The molecular weight excluding hydrogens is 326 g/mol. The summed E-state index contributed by atoms with van der Waals surface area (Å²) >= 11 is 9.46. The highest BCUT2D eigenvalue weighted by Crippen LogP contribution is 2.39. The first kappa shape index (κ1) is 12.5. The Morgan fingerprint density at radius 3 is 2.47 bits per heavy atom. The molecule has 0 saturated heterocycles. The molecule has 1 aliphatic heterocycles. The van der Waals surface area contributed by atoms with E-state index in [1.165, 1.54) is 0 Å². The van der Waals surface area contributed by atoms with E-state index in [2.05, 4.69) is 22.5 Å². The number of anilines is 1. The molecule has 0 unspecified atom stereocenters. The van der Waals surface area contributed by atoms with Crippen molar-refractivity contribution in [3.63, 3.8) is 0 Å². The molecule has 0 spiro atoms. The Kier molecular flexibility index (Phi) is 2.96. The van der Waals surface area contributed by atoms with Crippen LogP contribution in [0, 0.1) is 0 Å². The van der Waals surface area contributed by atoms with Crippen LogP contribution in [0.25, 0.3) is 5.70 Å². The molecule has 2 aromatic rings. The van der Waals surface area contributed by atoms with Crippen LogP contribution >= 0.6 is 27.5 Å². The van der Waals surface area contributed by atoms with E-state index < -0.39 is 0 Å². The number of amides is 1. The summed E-state index contributed by atoms with van der Waals surface area (Å²) in [6.07, 6.45) is 0. The topological polar surface area (TPSA) is 20.3 Å². The second-order valence-electron chi connectivity index (χ2n) is 4.23. The normalized spacial score (nSPS) is 13.9. The van der Waals surface area contributed by atoms with E-state index in [1.54, 1.807) is 23.1 Å².